The third-order valence-electron chi connectivity index (χ3n) is 6.48. The van der Waals surface area contributed by atoms with Crippen molar-refractivity contribution in [3.05, 3.63) is 83.9 Å². The van der Waals surface area contributed by atoms with Crippen LogP contribution in [-0.2, 0) is 26.5 Å². The van der Waals surface area contributed by atoms with Crippen LogP contribution in [0.15, 0.2) is 67.0 Å². The van der Waals surface area contributed by atoms with Gasteiger partial charge in [0.1, 0.15) is 5.82 Å². The van der Waals surface area contributed by atoms with E-state index in [4.69, 9.17) is 20.4 Å². The predicted octanol–water partition coefficient (Wildman–Crippen LogP) is 2.25. The summed E-state index contributed by atoms with van der Waals surface area (Å²) in [5, 5.41) is 49.1. The number of rotatable bonds is 9. The number of piperidine rings is 1. The van der Waals surface area contributed by atoms with Crippen LogP contribution >= 0.6 is 0 Å². The molecule has 1 aliphatic heterocycles. The van der Waals surface area contributed by atoms with Gasteiger partial charge in [0.2, 0.25) is 0 Å². The molecule has 0 amide bonds. The predicted molar refractivity (Wildman–Crippen MR) is 135 cm³/mol. The Morgan fingerprint density at radius 2 is 1.51 bits per heavy atom. The van der Waals surface area contributed by atoms with Gasteiger partial charge in [0.05, 0.1) is 24.1 Å². The monoisotopic (exact) mass is 543 g/mol. The first-order valence-electron chi connectivity index (χ1n) is 12.1. The van der Waals surface area contributed by atoms with Crippen LogP contribution in [0.1, 0.15) is 36.8 Å². The molecule has 11 nitrogen and oxygen atoms in total. The summed E-state index contributed by atoms with van der Waals surface area (Å²) in [5.41, 5.74) is -1.15. The normalized spacial score (nSPS) is 15.2. The standard InChI is InChI=1S/C21H22FN3O.C6H8O7/c22-19-8-3-2-7-18(19)21(26)10-14-24(15-11-21)16-17-6-1-4-9-20(17)25-13-5-12-23-25;7-3(8)1-6(13,5(11)12)2-4(9)10/h1-9,12-13,26H,10-11,14-16H2;13H,1-2H2,(H,7,8)(H,9,10)(H,11,12). The zero-order valence-corrected chi connectivity index (χ0v) is 21.0. The molecule has 0 saturated carbocycles. The van der Waals surface area contributed by atoms with Gasteiger partial charge >= 0.3 is 17.9 Å². The van der Waals surface area contributed by atoms with E-state index in [0.29, 0.717) is 18.4 Å². The molecule has 4 rings (SSSR count). The third kappa shape index (κ3) is 7.69. The number of carboxylic acid groups (broad SMARTS) is 3. The topological polar surface area (TPSA) is 173 Å². The quantitative estimate of drug-likeness (QED) is 0.269. The summed E-state index contributed by atoms with van der Waals surface area (Å²) >= 11 is 0. The Bertz CT molecular complexity index is 1270. The average Bonchev–Trinajstić information content (AvgIpc) is 3.40. The van der Waals surface area contributed by atoms with E-state index in [9.17, 15) is 23.9 Å². The number of aliphatic carboxylic acids is 3. The van der Waals surface area contributed by atoms with Crippen molar-refractivity contribution in [1.82, 2.24) is 14.7 Å². The molecule has 12 heteroatoms. The second kappa shape index (κ2) is 12.6. The number of hydrogen-bond acceptors (Lipinski definition) is 7. The number of hydrogen-bond donors (Lipinski definition) is 5. The maximum atomic E-state index is 14.1. The highest BCUT2D eigenvalue weighted by Gasteiger charge is 2.41. The summed E-state index contributed by atoms with van der Waals surface area (Å²) in [7, 11) is 0. The molecule has 0 unspecified atom stereocenters. The van der Waals surface area contributed by atoms with Gasteiger partial charge < -0.3 is 25.5 Å². The van der Waals surface area contributed by atoms with Crippen molar-refractivity contribution < 1.29 is 44.3 Å². The fourth-order valence-electron chi connectivity index (χ4n) is 4.42. The van der Waals surface area contributed by atoms with Crippen LogP contribution in [0.2, 0.25) is 0 Å². The van der Waals surface area contributed by atoms with Gasteiger partial charge in [-0.1, -0.05) is 36.4 Å². The van der Waals surface area contributed by atoms with Crippen LogP contribution in [0.5, 0.6) is 0 Å². The van der Waals surface area contributed by atoms with Crippen LogP contribution < -0.4 is 0 Å². The summed E-state index contributed by atoms with van der Waals surface area (Å²) in [6, 6.07) is 16.7. The number of aliphatic hydroxyl groups is 2. The van der Waals surface area contributed by atoms with E-state index in [0.717, 1.165) is 25.3 Å². The number of para-hydroxylation sites is 1. The largest absolute Gasteiger partial charge is 0.481 e. The van der Waals surface area contributed by atoms with Crippen molar-refractivity contribution in [2.75, 3.05) is 13.1 Å². The lowest BCUT2D eigenvalue weighted by molar-refractivity contribution is -0.170. The molecule has 3 aromatic rings. The first-order valence-corrected chi connectivity index (χ1v) is 12.1. The van der Waals surface area contributed by atoms with E-state index in [2.05, 4.69) is 22.1 Å². The van der Waals surface area contributed by atoms with Crippen molar-refractivity contribution in [3.63, 3.8) is 0 Å². The average molecular weight is 544 g/mol. The molecule has 1 saturated heterocycles. The lowest BCUT2D eigenvalue weighted by atomic mass is 9.84. The molecule has 208 valence electrons. The summed E-state index contributed by atoms with van der Waals surface area (Å²) < 4.78 is 16.0. The van der Waals surface area contributed by atoms with Crippen molar-refractivity contribution in [2.45, 2.75) is 43.4 Å². The maximum Gasteiger partial charge on any atom is 0.336 e. The van der Waals surface area contributed by atoms with Crippen LogP contribution in [0.4, 0.5) is 4.39 Å². The van der Waals surface area contributed by atoms with Crippen molar-refractivity contribution in [3.8, 4) is 5.69 Å². The molecule has 5 N–H and O–H groups in total. The highest BCUT2D eigenvalue weighted by atomic mass is 19.1. The fourth-order valence-corrected chi connectivity index (χ4v) is 4.42. The molecule has 2 aromatic carbocycles. The van der Waals surface area contributed by atoms with E-state index >= 15 is 0 Å². The second-order valence-electron chi connectivity index (χ2n) is 9.34. The molecular weight excluding hydrogens is 513 g/mol. The number of aromatic nitrogens is 2. The Morgan fingerprint density at radius 1 is 0.923 bits per heavy atom. The van der Waals surface area contributed by atoms with Gasteiger partial charge in [-0.15, -0.1) is 0 Å². The molecule has 0 bridgehead atoms. The van der Waals surface area contributed by atoms with Crippen molar-refractivity contribution >= 4 is 17.9 Å². The molecule has 2 heterocycles. The Morgan fingerprint density at radius 3 is 2.05 bits per heavy atom. The maximum absolute atomic E-state index is 14.1. The first kappa shape index (κ1) is 29.4. The van der Waals surface area contributed by atoms with Gasteiger partial charge in [-0.25, -0.2) is 13.9 Å². The first-order chi connectivity index (χ1) is 18.4. The van der Waals surface area contributed by atoms with E-state index in [1.54, 1.807) is 24.4 Å². The van der Waals surface area contributed by atoms with E-state index in [-0.39, 0.29) is 5.82 Å². The summed E-state index contributed by atoms with van der Waals surface area (Å²) in [6.45, 7) is 2.22. The van der Waals surface area contributed by atoms with Crippen LogP contribution in [0.25, 0.3) is 5.69 Å². The second-order valence-corrected chi connectivity index (χ2v) is 9.34. The molecule has 0 aliphatic carbocycles. The SMILES string of the molecule is O=C(O)CC(O)(CC(=O)O)C(=O)O.OC1(c2ccccc2F)CCN(Cc2ccccc2-n2cccn2)CC1. The van der Waals surface area contributed by atoms with Crippen LogP contribution in [0.3, 0.4) is 0 Å². The Balaban J connectivity index is 0.000000276. The molecule has 1 fully saturated rings. The van der Waals surface area contributed by atoms with Crippen molar-refractivity contribution in [1.29, 1.82) is 0 Å². The number of nitrogens with zero attached hydrogens (tertiary/aromatic N) is 3. The number of halogens is 1. The van der Waals surface area contributed by atoms with Gasteiger partial charge in [-0.05, 0) is 36.6 Å². The van der Waals surface area contributed by atoms with Crippen molar-refractivity contribution in [2.24, 2.45) is 0 Å². The smallest absolute Gasteiger partial charge is 0.336 e. The van der Waals surface area contributed by atoms with Gasteiger partial charge in [0, 0.05) is 37.6 Å². The summed E-state index contributed by atoms with van der Waals surface area (Å²) in [4.78, 5) is 32.8. The Labute approximate surface area is 223 Å². The number of carboxylic acids is 3. The Hall–Kier alpha value is -4.13. The van der Waals surface area contributed by atoms with Gasteiger partial charge in [0.15, 0.2) is 5.60 Å². The molecule has 0 radical (unpaired) electrons. The fraction of sp³-hybridized carbons (Fsp3) is 0.333. The third-order valence-corrected chi connectivity index (χ3v) is 6.48. The molecule has 1 aromatic heterocycles. The summed E-state index contributed by atoms with van der Waals surface area (Å²) in [5.74, 6) is -5.35. The molecular formula is C27H30FN3O8. The lowest BCUT2D eigenvalue weighted by Gasteiger charge is -2.38. The van der Waals surface area contributed by atoms with Crippen LogP contribution in [-0.4, -0.2) is 76.8 Å². The highest BCUT2D eigenvalue weighted by Crippen LogP contribution is 2.35. The minimum absolute atomic E-state index is 0.326. The zero-order valence-electron chi connectivity index (χ0n) is 21.0. The van der Waals surface area contributed by atoms with Gasteiger partial charge in [-0.2, -0.15) is 5.10 Å². The van der Waals surface area contributed by atoms with E-state index < -0.39 is 42.0 Å². The van der Waals surface area contributed by atoms with Gasteiger partial charge in [0.25, 0.3) is 0 Å². The lowest BCUT2D eigenvalue weighted by Crippen LogP contribution is -2.42. The minimum atomic E-state index is -2.74. The Kier molecular flexibility index (Phi) is 9.51. The number of carbonyl (C=O) groups is 3. The minimum Gasteiger partial charge on any atom is -0.481 e. The molecule has 0 spiro atoms. The molecule has 0 atom stereocenters. The van der Waals surface area contributed by atoms with Gasteiger partial charge in [-0.3, -0.25) is 14.5 Å². The highest BCUT2D eigenvalue weighted by molar-refractivity contribution is 5.88. The number of benzene rings is 2. The van der Waals surface area contributed by atoms with E-state index in [1.807, 2.05) is 29.1 Å². The van der Waals surface area contributed by atoms with E-state index in [1.165, 1.54) is 11.6 Å². The zero-order chi connectivity index (χ0) is 28.6. The molecule has 1 aliphatic rings. The summed E-state index contributed by atoms with van der Waals surface area (Å²) in [6.07, 6.45) is 2.47. The van der Waals surface area contributed by atoms with Crippen LogP contribution in [0, 0.1) is 5.82 Å². The molecule has 39 heavy (non-hydrogen) atoms. The number of likely N-dealkylation sites (tertiary alicyclic amines) is 1.